The molecule has 0 aromatic heterocycles. The molecule has 2 amide bonds. The van der Waals surface area contributed by atoms with Gasteiger partial charge in [0.2, 0.25) is 11.8 Å². The number of fused-ring (bicyclic) bond motifs is 2. The average molecular weight is 549 g/mol. The standard InChI is InChI=1S/C31H40N4O5/c1-2-3-13-33(15-12-32)29(37)20-34-19-24(21-8-9-27-23(17-21)11-16-40-27)30(31(38)39)26(34)10-14-35-25-7-5-4-6-22(25)18-28(35)36/h4-9,17,24,26,30H,2-3,10-16,18-20,32H2,1H3,(H,38,39)/t24-,26+,30-/m1/s1. The molecule has 0 radical (unpaired) electrons. The molecule has 40 heavy (non-hydrogen) atoms. The number of nitrogens with zero attached hydrogens (tertiary/aromatic N) is 3. The van der Waals surface area contributed by atoms with Crippen LogP contribution in [0.25, 0.3) is 0 Å². The number of carboxylic acid groups (broad SMARTS) is 1. The Balaban J connectivity index is 1.42. The normalized spacial score (nSPS) is 21.8. The van der Waals surface area contributed by atoms with Crippen molar-refractivity contribution in [2.45, 2.75) is 51.0 Å². The number of carboxylic acids is 1. The number of likely N-dealkylation sites (tertiary alicyclic amines) is 1. The second-order valence-corrected chi connectivity index (χ2v) is 11.1. The Labute approximate surface area is 235 Å². The number of carbonyl (C=O) groups is 3. The number of hydrogen-bond acceptors (Lipinski definition) is 6. The largest absolute Gasteiger partial charge is 0.493 e. The molecule has 2 aromatic rings. The zero-order valence-corrected chi connectivity index (χ0v) is 23.3. The Morgan fingerprint density at radius 2 is 1.98 bits per heavy atom. The van der Waals surface area contributed by atoms with E-state index in [4.69, 9.17) is 10.5 Å². The van der Waals surface area contributed by atoms with Gasteiger partial charge in [-0.05, 0) is 41.7 Å². The van der Waals surface area contributed by atoms with Gasteiger partial charge < -0.3 is 25.4 Å². The van der Waals surface area contributed by atoms with Crippen molar-refractivity contribution in [3.05, 3.63) is 59.2 Å². The third kappa shape index (κ3) is 5.71. The van der Waals surface area contributed by atoms with E-state index in [1.807, 2.05) is 41.3 Å². The molecule has 0 spiro atoms. The molecule has 9 heteroatoms. The molecule has 0 aliphatic carbocycles. The van der Waals surface area contributed by atoms with E-state index in [0.29, 0.717) is 52.2 Å². The van der Waals surface area contributed by atoms with Crippen LogP contribution in [0.3, 0.4) is 0 Å². The lowest BCUT2D eigenvalue weighted by Gasteiger charge is -2.30. The summed E-state index contributed by atoms with van der Waals surface area (Å²) in [6.45, 7) is 5.22. The molecule has 3 atom stereocenters. The summed E-state index contributed by atoms with van der Waals surface area (Å²) in [5, 5.41) is 10.5. The fourth-order valence-electron chi connectivity index (χ4n) is 6.59. The van der Waals surface area contributed by atoms with Crippen LogP contribution in [0.1, 0.15) is 48.8 Å². The van der Waals surface area contributed by atoms with E-state index < -0.39 is 17.9 Å². The Morgan fingerprint density at radius 3 is 2.75 bits per heavy atom. The fraction of sp³-hybridized carbons (Fsp3) is 0.516. The predicted molar refractivity (Wildman–Crippen MR) is 153 cm³/mol. The SMILES string of the molecule is CCCCN(CCN)C(=O)CN1C[C@H](c2ccc3c(c2)CCO3)[C@@H](C(=O)O)[C@@H]1CCN1C(=O)Cc2ccccc21. The van der Waals surface area contributed by atoms with Crippen LogP contribution in [0.15, 0.2) is 42.5 Å². The molecule has 1 saturated heterocycles. The van der Waals surface area contributed by atoms with Gasteiger partial charge in [-0.1, -0.05) is 43.7 Å². The van der Waals surface area contributed by atoms with E-state index >= 15 is 0 Å². The molecule has 3 aliphatic heterocycles. The summed E-state index contributed by atoms with van der Waals surface area (Å²) >= 11 is 0. The number of anilines is 1. The number of unbranched alkanes of at least 4 members (excludes halogenated alkanes) is 1. The maximum Gasteiger partial charge on any atom is 0.308 e. The molecule has 0 unspecified atom stereocenters. The second-order valence-electron chi connectivity index (χ2n) is 11.1. The summed E-state index contributed by atoms with van der Waals surface area (Å²) < 4.78 is 5.68. The third-order valence-corrected chi connectivity index (χ3v) is 8.62. The van der Waals surface area contributed by atoms with Crippen molar-refractivity contribution in [1.29, 1.82) is 0 Å². The molecule has 214 valence electrons. The Hall–Kier alpha value is -3.43. The minimum absolute atomic E-state index is 0.0255. The first-order valence-electron chi connectivity index (χ1n) is 14.5. The minimum atomic E-state index is -0.875. The van der Waals surface area contributed by atoms with Crippen molar-refractivity contribution >= 4 is 23.5 Å². The van der Waals surface area contributed by atoms with Crippen LogP contribution < -0.4 is 15.4 Å². The number of nitrogens with two attached hydrogens (primary N) is 1. The molecule has 3 N–H and O–H groups in total. The molecule has 0 bridgehead atoms. The summed E-state index contributed by atoms with van der Waals surface area (Å²) in [5.41, 5.74) is 9.76. The highest BCUT2D eigenvalue weighted by Gasteiger charge is 2.47. The topological polar surface area (TPSA) is 116 Å². The summed E-state index contributed by atoms with van der Waals surface area (Å²) in [6.07, 6.45) is 3.49. The Bertz CT molecular complexity index is 1250. The van der Waals surface area contributed by atoms with Crippen LogP contribution in [0, 0.1) is 5.92 Å². The van der Waals surface area contributed by atoms with Gasteiger partial charge in [0.05, 0.1) is 25.5 Å². The van der Waals surface area contributed by atoms with Crippen molar-refractivity contribution in [2.75, 3.05) is 50.8 Å². The van der Waals surface area contributed by atoms with Gasteiger partial charge in [0, 0.05) is 56.8 Å². The Morgan fingerprint density at radius 1 is 1.15 bits per heavy atom. The minimum Gasteiger partial charge on any atom is -0.493 e. The zero-order chi connectivity index (χ0) is 28.2. The maximum absolute atomic E-state index is 13.5. The molecular weight excluding hydrogens is 508 g/mol. The summed E-state index contributed by atoms with van der Waals surface area (Å²) in [5.74, 6) is -1.01. The smallest absolute Gasteiger partial charge is 0.308 e. The van der Waals surface area contributed by atoms with Crippen molar-refractivity contribution in [2.24, 2.45) is 11.7 Å². The lowest BCUT2D eigenvalue weighted by molar-refractivity contribution is -0.143. The fourth-order valence-corrected chi connectivity index (χ4v) is 6.59. The van der Waals surface area contributed by atoms with Gasteiger partial charge in [-0.2, -0.15) is 0 Å². The van der Waals surface area contributed by atoms with Crippen LogP contribution >= 0.6 is 0 Å². The van der Waals surface area contributed by atoms with E-state index in [2.05, 4.69) is 13.0 Å². The van der Waals surface area contributed by atoms with Gasteiger partial charge in [0.25, 0.3) is 0 Å². The predicted octanol–water partition coefficient (Wildman–Crippen LogP) is 2.66. The molecule has 3 heterocycles. The van der Waals surface area contributed by atoms with Crippen LogP contribution in [-0.2, 0) is 27.2 Å². The van der Waals surface area contributed by atoms with Crippen LogP contribution in [0.2, 0.25) is 0 Å². The summed E-state index contributed by atoms with van der Waals surface area (Å²) in [4.78, 5) is 44.8. The van der Waals surface area contributed by atoms with Crippen molar-refractivity contribution in [3.63, 3.8) is 0 Å². The number of aliphatic carboxylic acids is 1. The van der Waals surface area contributed by atoms with E-state index in [-0.39, 0.29) is 24.3 Å². The van der Waals surface area contributed by atoms with Crippen LogP contribution in [0.5, 0.6) is 5.75 Å². The zero-order valence-electron chi connectivity index (χ0n) is 23.3. The highest BCUT2D eigenvalue weighted by molar-refractivity contribution is 6.01. The van der Waals surface area contributed by atoms with Crippen LogP contribution in [-0.4, -0.2) is 84.6 Å². The van der Waals surface area contributed by atoms with Gasteiger partial charge >= 0.3 is 5.97 Å². The average Bonchev–Trinajstić information content (AvgIpc) is 3.64. The van der Waals surface area contributed by atoms with Gasteiger partial charge in [0.1, 0.15) is 5.75 Å². The van der Waals surface area contributed by atoms with Crippen molar-refractivity contribution < 1.29 is 24.2 Å². The number of carbonyl (C=O) groups excluding carboxylic acids is 2. The number of hydrogen-bond donors (Lipinski definition) is 2. The molecule has 2 aromatic carbocycles. The third-order valence-electron chi connectivity index (χ3n) is 8.62. The first-order valence-corrected chi connectivity index (χ1v) is 14.5. The lowest BCUT2D eigenvalue weighted by Crippen LogP contribution is -2.46. The van der Waals surface area contributed by atoms with E-state index in [9.17, 15) is 19.5 Å². The number of benzene rings is 2. The van der Waals surface area contributed by atoms with E-state index in [0.717, 1.165) is 47.4 Å². The van der Waals surface area contributed by atoms with Gasteiger partial charge in [-0.3, -0.25) is 19.3 Å². The van der Waals surface area contributed by atoms with Crippen molar-refractivity contribution in [1.82, 2.24) is 9.80 Å². The molecule has 9 nitrogen and oxygen atoms in total. The Kier molecular flexibility index (Phi) is 8.71. The quantitative estimate of drug-likeness (QED) is 0.419. The van der Waals surface area contributed by atoms with Gasteiger partial charge in [-0.25, -0.2) is 0 Å². The second kappa shape index (κ2) is 12.4. The van der Waals surface area contributed by atoms with Gasteiger partial charge in [-0.15, -0.1) is 0 Å². The van der Waals surface area contributed by atoms with Crippen LogP contribution in [0.4, 0.5) is 5.69 Å². The molecule has 1 fully saturated rings. The summed E-state index contributed by atoms with van der Waals surface area (Å²) in [6, 6.07) is 13.3. The summed E-state index contributed by atoms with van der Waals surface area (Å²) in [7, 11) is 0. The number of amides is 2. The lowest BCUT2D eigenvalue weighted by atomic mass is 9.83. The monoisotopic (exact) mass is 548 g/mol. The van der Waals surface area contributed by atoms with E-state index in [1.165, 1.54) is 0 Å². The number of rotatable bonds is 12. The number of para-hydroxylation sites is 1. The molecular formula is C31H40N4O5. The molecule has 3 aliphatic rings. The molecule has 5 rings (SSSR count). The highest BCUT2D eigenvalue weighted by Crippen LogP contribution is 2.41. The first kappa shape index (κ1) is 28.1. The first-order chi connectivity index (χ1) is 19.4. The van der Waals surface area contributed by atoms with Crippen molar-refractivity contribution in [3.8, 4) is 5.75 Å². The maximum atomic E-state index is 13.5. The number of ether oxygens (including phenoxy) is 1. The highest BCUT2D eigenvalue weighted by atomic mass is 16.5. The van der Waals surface area contributed by atoms with E-state index in [1.54, 1.807) is 9.80 Å². The van der Waals surface area contributed by atoms with Gasteiger partial charge in [0.15, 0.2) is 0 Å². The molecule has 0 saturated carbocycles.